The second-order valence-corrected chi connectivity index (χ2v) is 3.97. The summed E-state index contributed by atoms with van der Waals surface area (Å²) in [6.45, 7) is 0. The van der Waals surface area contributed by atoms with Crippen LogP contribution in [0, 0.1) is 0 Å². The molecule has 4 heteroatoms. The minimum absolute atomic E-state index is 0.342. The monoisotopic (exact) mass is 206 g/mol. The van der Waals surface area contributed by atoms with Crippen LogP contribution < -0.4 is 10.2 Å². The zero-order valence-corrected chi connectivity index (χ0v) is 8.60. The van der Waals surface area contributed by atoms with Crippen molar-refractivity contribution in [3.63, 3.8) is 0 Å². The fourth-order valence-electron chi connectivity index (χ4n) is 1.92. The van der Waals surface area contributed by atoms with E-state index in [2.05, 4.69) is 0 Å². The van der Waals surface area contributed by atoms with E-state index in [0.717, 1.165) is 18.6 Å². The highest BCUT2D eigenvalue weighted by Crippen LogP contribution is 2.23. The van der Waals surface area contributed by atoms with Crippen molar-refractivity contribution >= 4 is 12.6 Å². The molecule has 0 aromatic heterocycles. The summed E-state index contributed by atoms with van der Waals surface area (Å²) in [5, 5.41) is 17.8. The Morgan fingerprint density at radius 3 is 2.20 bits per heavy atom. The van der Waals surface area contributed by atoms with Crippen LogP contribution in [0.4, 0.5) is 0 Å². The van der Waals surface area contributed by atoms with Crippen LogP contribution in [0.25, 0.3) is 0 Å². The van der Waals surface area contributed by atoms with Gasteiger partial charge in [-0.25, -0.2) is 0 Å². The van der Waals surface area contributed by atoms with Crippen LogP contribution in [0.2, 0.25) is 0 Å². The summed E-state index contributed by atoms with van der Waals surface area (Å²) in [5.41, 5.74) is 0.494. The molecule has 2 N–H and O–H groups in total. The van der Waals surface area contributed by atoms with Crippen LogP contribution in [0.5, 0.6) is 5.75 Å². The zero-order chi connectivity index (χ0) is 10.7. The molecule has 0 bridgehead atoms. The highest BCUT2D eigenvalue weighted by molar-refractivity contribution is 6.58. The summed E-state index contributed by atoms with van der Waals surface area (Å²) < 4.78 is 5.75. The van der Waals surface area contributed by atoms with Gasteiger partial charge in [-0.05, 0) is 43.3 Å². The Hall–Kier alpha value is -0.995. The van der Waals surface area contributed by atoms with Crippen LogP contribution in [-0.4, -0.2) is 23.3 Å². The van der Waals surface area contributed by atoms with Crippen molar-refractivity contribution in [1.29, 1.82) is 0 Å². The predicted molar refractivity (Wildman–Crippen MR) is 59.2 cm³/mol. The van der Waals surface area contributed by atoms with Crippen molar-refractivity contribution in [2.75, 3.05) is 0 Å². The molecule has 0 unspecified atom stereocenters. The van der Waals surface area contributed by atoms with Gasteiger partial charge in [0, 0.05) is 0 Å². The molecule has 1 aliphatic rings. The van der Waals surface area contributed by atoms with E-state index in [1.54, 1.807) is 24.3 Å². The van der Waals surface area contributed by atoms with E-state index in [1.165, 1.54) is 12.8 Å². The predicted octanol–water partition coefficient (Wildman–Crippen LogP) is 0.688. The normalized spacial score (nSPS) is 16.7. The molecular formula is C11H15BO3. The summed E-state index contributed by atoms with van der Waals surface area (Å²) in [6.07, 6.45) is 5.10. The van der Waals surface area contributed by atoms with Crippen LogP contribution >= 0.6 is 0 Å². The Morgan fingerprint density at radius 2 is 1.67 bits per heavy atom. The zero-order valence-electron chi connectivity index (χ0n) is 8.60. The van der Waals surface area contributed by atoms with Crippen LogP contribution in [0.3, 0.4) is 0 Å². The van der Waals surface area contributed by atoms with Gasteiger partial charge in [0.15, 0.2) is 0 Å². The first kappa shape index (κ1) is 10.5. The lowest BCUT2D eigenvalue weighted by atomic mass is 9.80. The van der Waals surface area contributed by atoms with E-state index >= 15 is 0 Å². The average Bonchev–Trinajstić information content (AvgIpc) is 2.71. The molecule has 1 saturated carbocycles. The van der Waals surface area contributed by atoms with E-state index in [1.807, 2.05) is 0 Å². The van der Waals surface area contributed by atoms with Crippen molar-refractivity contribution < 1.29 is 14.8 Å². The first-order valence-corrected chi connectivity index (χ1v) is 5.38. The molecule has 1 fully saturated rings. The SMILES string of the molecule is OB(O)c1ccc(OC2CCCC2)cc1. The van der Waals surface area contributed by atoms with Gasteiger partial charge < -0.3 is 14.8 Å². The van der Waals surface area contributed by atoms with Gasteiger partial charge in [0.05, 0.1) is 6.10 Å². The Labute approximate surface area is 89.8 Å². The summed E-state index contributed by atoms with van der Waals surface area (Å²) in [6, 6.07) is 6.92. The molecule has 0 saturated heterocycles. The maximum atomic E-state index is 8.91. The van der Waals surface area contributed by atoms with Gasteiger partial charge in [-0.3, -0.25) is 0 Å². The highest BCUT2D eigenvalue weighted by Gasteiger charge is 2.16. The molecule has 0 radical (unpaired) electrons. The largest absolute Gasteiger partial charge is 0.490 e. The second-order valence-electron chi connectivity index (χ2n) is 3.97. The summed E-state index contributed by atoms with van der Waals surface area (Å²) in [4.78, 5) is 0. The average molecular weight is 206 g/mol. The molecule has 1 aliphatic carbocycles. The maximum Gasteiger partial charge on any atom is 0.488 e. The molecule has 1 aromatic carbocycles. The number of benzene rings is 1. The summed E-state index contributed by atoms with van der Waals surface area (Å²) in [5.74, 6) is 0.811. The van der Waals surface area contributed by atoms with Crippen molar-refractivity contribution in [2.45, 2.75) is 31.8 Å². The molecule has 0 aliphatic heterocycles. The Morgan fingerprint density at radius 1 is 1.07 bits per heavy atom. The van der Waals surface area contributed by atoms with E-state index in [-0.39, 0.29) is 0 Å². The Balaban J connectivity index is 1.97. The molecule has 15 heavy (non-hydrogen) atoms. The minimum atomic E-state index is -1.40. The third kappa shape index (κ3) is 2.73. The second kappa shape index (κ2) is 4.68. The van der Waals surface area contributed by atoms with Crippen molar-refractivity contribution in [3.8, 4) is 5.75 Å². The van der Waals surface area contributed by atoms with Gasteiger partial charge in [-0.15, -0.1) is 0 Å². The quantitative estimate of drug-likeness (QED) is 0.715. The Bertz CT molecular complexity index is 304. The lowest BCUT2D eigenvalue weighted by Gasteiger charge is -2.13. The fourth-order valence-corrected chi connectivity index (χ4v) is 1.92. The Kier molecular flexibility index (Phi) is 3.28. The fraction of sp³-hybridized carbons (Fsp3) is 0.455. The molecule has 0 atom stereocenters. The first-order chi connectivity index (χ1) is 7.25. The number of hydrogen-bond acceptors (Lipinski definition) is 3. The smallest absolute Gasteiger partial charge is 0.488 e. The molecule has 80 valence electrons. The van der Waals surface area contributed by atoms with Gasteiger partial charge in [-0.2, -0.15) is 0 Å². The van der Waals surface area contributed by atoms with Crippen LogP contribution in [0.1, 0.15) is 25.7 Å². The van der Waals surface area contributed by atoms with Gasteiger partial charge >= 0.3 is 7.12 Å². The minimum Gasteiger partial charge on any atom is -0.490 e. The molecule has 0 amide bonds. The van der Waals surface area contributed by atoms with Gasteiger partial charge in [0.25, 0.3) is 0 Å². The van der Waals surface area contributed by atoms with Crippen molar-refractivity contribution in [3.05, 3.63) is 24.3 Å². The van der Waals surface area contributed by atoms with Crippen LogP contribution in [0.15, 0.2) is 24.3 Å². The third-order valence-electron chi connectivity index (χ3n) is 2.78. The topological polar surface area (TPSA) is 49.7 Å². The maximum absolute atomic E-state index is 8.91. The molecule has 1 aromatic rings. The van der Waals surface area contributed by atoms with Gasteiger partial charge in [-0.1, -0.05) is 12.1 Å². The highest BCUT2D eigenvalue weighted by atomic mass is 16.5. The van der Waals surface area contributed by atoms with E-state index in [4.69, 9.17) is 14.8 Å². The lowest BCUT2D eigenvalue weighted by Crippen LogP contribution is -2.29. The summed E-state index contributed by atoms with van der Waals surface area (Å²) >= 11 is 0. The number of rotatable bonds is 3. The standard InChI is InChI=1S/C11H15BO3/c13-12(14)9-5-7-11(8-6-9)15-10-3-1-2-4-10/h5-8,10,13-14H,1-4H2. The van der Waals surface area contributed by atoms with Gasteiger partial charge in [0.2, 0.25) is 0 Å². The molecule has 3 nitrogen and oxygen atoms in total. The molecule has 0 spiro atoms. The first-order valence-electron chi connectivity index (χ1n) is 5.38. The van der Waals surface area contributed by atoms with Gasteiger partial charge in [0.1, 0.15) is 5.75 Å². The molecular weight excluding hydrogens is 191 g/mol. The van der Waals surface area contributed by atoms with E-state index < -0.39 is 7.12 Å². The van der Waals surface area contributed by atoms with Crippen molar-refractivity contribution in [2.24, 2.45) is 0 Å². The van der Waals surface area contributed by atoms with E-state index in [0.29, 0.717) is 11.6 Å². The summed E-state index contributed by atoms with van der Waals surface area (Å²) in [7, 11) is -1.40. The van der Waals surface area contributed by atoms with E-state index in [9.17, 15) is 0 Å². The number of ether oxygens (including phenoxy) is 1. The third-order valence-corrected chi connectivity index (χ3v) is 2.78. The molecule has 2 rings (SSSR count). The lowest BCUT2D eigenvalue weighted by molar-refractivity contribution is 0.210. The number of hydrogen-bond donors (Lipinski definition) is 2. The molecule has 0 heterocycles. The van der Waals surface area contributed by atoms with Crippen LogP contribution in [-0.2, 0) is 0 Å². The van der Waals surface area contributed by atoms with Crippen molar-refractivity contribution in [1.82, 2.24) is 0 Å².